The summed E-state index contributed by atoms with van der Waals surface area (Å²) in [7, 11) is -3.27. The van der Waals surface area contributed by atoms with Crippen molar-refractivity contribution in [2.75, 3.05) is 0 Å². The van der Waals surface area contributed by atoms with Crippen molar-refractivity contribution in [1.82, 2.24) is 4.83 Å². The quantitative estimate of drug-likeness (QED) is 0.451. The van der Waals surface area contributed by atoms with Crippen LogP contribution >= 0.6 is 0 Å². The minimum absolute atomic E-state index is 0.0843. The van der Waals surface area contributed by atoms with Gasteiger partial charge in [-0.25, -0.2) is 8.42 Å². The van der Waals surface area contributed by atoms with Crippen molar-refractivity contribution in [3.05, 3.63) is 0 Å². The molecule has 0 aliphatic heterocycles. The number of hydrogen-bond acceptors (Lipinski definition) is 3. The van der Waals surface area contributed by atoms with E-state index in [4.69, 9.17) is 5.84 Å². The molecule has 0 saturated heterocycles. The highest BCUT2D eigenvalue weighted by Crippen LogP contribution is 2.08. The third-order valence-corrected chi connectivity index (χ3v) is 3.44. The number of hydrazine groups is 1. The molecule has 0 aliphatic carbocycles. The third kappa shape index (κ3) is 2.24. The Kier molecular flexibility index (Phi) is 3.27. The van der Waals surface area contributed by atoms with Crippen molar-refractivity contribution in [1.29, 1.82) is 0 Å². The molecule has 4 nitrogen and oxygen atoms in total. The van der Waals surface area contributed by atoms with Crippen molar-refractivity contribution in [3.8, 4) is 0 Å². The number of hydrogen-bond donors (Lipinski definition) is 2. The molecule has 0 aliphatic rings. The second-order valence-corrected chi connectivity index (χ2v) is 4.68. The second kappa shape index (κ2) is 3.32. The predicted molar refractivity (Wildman–Crippen MR) is 40.5 cm³/mol. The fraction of sp³-hybridized carbons (Fsp3) is 1.00. The van der Waals surface area contributed by atoms with Gasteiger partial charge < -0.3 is 0 Å². The Morgan fingerprint density at radius 1 is 1.30 bits per heavy atom. The molecule has 10 heavy (non-hydrogen) atoms. The summed E-state index contributed by atoms with van der Waals surface area (Å²) in [6, 6.07) is 0. The van der Waals surface area contributed by atoms with Gasteiger partial charge in [-0.3, -0.25) is 5.84 Å². The lowest BCUT2D eigenvalue weighted by molar-refractivity contribution is 0.535. The summed E-state index contributed by atoms with van der Waals surface area (Å²) in [4.78, 5) is 1.79. The molecule has 0 rings (SSSR count). The maximum Gasteiger partial charge on any atom is 0.226 e. The molecule has 3 N–H and O–H groups in total. The van der Waals surface area contributed by atoms with Crippen LogP contribution in [0.25, 0.3) is 0 Å². The van der Waals surface area contributed by atoms with Crippen molar-refractivity contribution in [3.63, 3.8) is 0 Å². The molecule has 5 heteroatoms. The Morgan fingerprint density at radius 3 is 1.80 bits per heavy atom. The molecule has 0 fully saturated rings. The van der Waals surface area contributed by atoms with E-state index in [0.29, 0.717) is 0 Å². The molecule has 62 valence electrons. The van der Waals surface area contributed by atoms with Gasteiger partial charge in [-0.15, -0.1) is 0 Å². The van der Waals surface area contributed by atoms with Gasteiger partial charge in [-0.2, -0.15) is 4.83 Å². The lowest BCUT2D eigenvalue weighted by Crippen LogP contribution is -2.39. The van der Waals surface area contributed by atoms with E-state index in [1.165, 1.54) is 0 Å². The van der Waals surface area contributed by atoms with Gasteiger partial charge in [-0.05, 0) is 12.8 Å². The fourth-order valence-corrected chi connectivity index (χ4v) is 1.40. The van der Waals surface area contributed by atoms with Crippen LogP contribution in [-0.4, -0.2) is 13.7 Å². The van der Waals surface area contributed by atoms with Gasteiger partial charge in [0.2, 0.25) is 10.0 Å². The van der Waals surface area contributed by atoms with E-state index < -0.39 is 15.3 Å². The lowest BCUT2D eigenvalue weighted by atomic mass is 10.2. The molecule has 0 heterocycles. The Hall–Kier alpha value is -0.130. The summed E-state index contributed by atoms with van der Waals surface area (Å²) >= 11 is 0. The van der Waals surface area contributed by atoms with Crippen LogP contribution in [0.1, 0.15) is 20.8 Å². The first-order valence-corrected chi connectivity index (χ1v) is 4.67. The fourth-order valence-electron chi connectivity index (χ4n) is 0.466. The van der Waals surface area contributed by atoms with Crippen LogP contribution in [0.3, 0.4) is 0 Å². The Bertz CT molecular complexity index is 186. The minimum Gasteiger partial charge on any atom is -0.258 e. The molecular formula is C5H14N2O2S. The molecule has 0 radical (unpaired) electrons. The van der Waals surface area contributed by atoms with Gasteiger partial charge in [0.1, 0.15) is 0 Å². The zero-order valence-electron chi connectivity index (χ0n) is 6.46. The summed E-state index contributed by atoms with van der Waals surface area (Å²) in [6.45, 7) is 5.29. The Morgan fingerprint density at radius 2 is 1.70 bits per heavy atom. The van der Waals surface area contributed by atoms with Gasteiger partial charge in [0, 0.05) is 0 Å². The van der Waals surface area contributed by atoms with Gasteiger partial charge in [0.05, 0.1) is 5.25 Å². The van der Waals surface area contributed by atoms with Crippen LogP contribution in [0.5, 0.6) is 0 Å². The zero-order chi connectivity index (χ0) is 8.36. The van der Waals surface area contributed by atoms with E-state index in [2.05, 4.69) is 0 Å². The summed E-state index contributed by atoms with van der Waals surface area (Å²) < 4.78 is 21.8. The molecular weight excluding hydrogens is 152 g/mol. The topological polar surface area (TPSA) is 72.2 Å². The third-order valence-electron chi connectivity index (χ3n) is 1.59. The molecule has 0 amide bonds. The monoisotopic (exact) mass is 166 g/mol. The highest BCUT2D eigenvalue weighted by atomic mass is 32.2. The second-order valence-electron chi connectivity index (χ2n) is 2.61. The first-order valence-electron chi connectivity index (χ1n) is 3.13. The number of sulfonamides is 1. The van der Waals surface area contributed by atoms with Crippen molar-refractivity contribution in [2.24, 2.45) is 11.8 Å². The summed E-state index contributed by atoms with van der Waals surface area (Å²) in [6.07, 6.45) is 0. The number of rotatable bonds is 3. The molecule has 0 saturated carbocycles. The highest BCUT2D eigenvalue weighted by Gasteiger charge is 2.21. The van der Waals surface area contributed by atoms with Gasteiger partial charge in [0.15, 0.2) is 0 Å². The van der Waals surface area contributed by atoms with Gasteiger partial charge >= 0.3 is 0 Å². The Labute approximate surface area is 61.8 Å². The first kappa shape index (κ1) is 9.87. The van der Waals surface area contributed by atoms with Gasteiger partial charge in [0.25, 0.3) is 0 Å². The van der Waals surface area contributed by atoms with Crippen LogP contribution in [0.4, 0.5) is 0 Å². The summed E-state index contributed by atoms with van der Waals surface area (Å²) in [5, 5.41) is -0.433. The normalized spacial score (nSPS) is 15.7. The van der Waals surface area contributed by atoms with Gasteiger partial charge in [-0.1, -0.05) is 13.8 Å². The highest BCUT2D eigenvalue weighted by molar-refractivity contribution is 7.90. The van der Waals surface area contributed by atoms with Crippen LogP contribution in [-0.2, 0) is 10.0 Å². The largest absolute Gasteiger partial charge is 0.258 e. The van der Waals surface area contributed by atoms with Crippen LogP contribution in [0.15, 0.2) is 0 Å². The average Bonchev–Trinajstić information content (AvgIpc) is 1.86. The van der Waals surface area contributed by atoms with Crippen LogP contribution in [0, 0.1) is 5.92 Å². The first-order chi connectivity index (χ1) is 4.41. The van der Waals surface area contributed by atoms with E-state index in [0.717, 1.165) is 0 Å². The van der Waals surface area contributed by atoms with Crippen molar-refractivity contribution < 1.29 is 8.42 Å². The molecule has 0 unspecified atom stereocenters. The maximum absolute atomic E-state index is 10.9. The van der Waals surface area contributed by atoms with E-state index in [1.54, 1.807) is 11.8 Å². The summed E-state index contributed by atoms with van der Waals surface area (Å²) in [5.41, 5.74) is 0. The van der Waals surface area contributed by atoms with Crippen LogP contribution in [0.2, 0.25) is 0 Å². The predicted octanol–water partition coefficient (Wildman–Crippen LogP) is -0.176. The lowest BCUT2D eigenvalue weighted by Gasteiger charge is -2.14. The standard InChI is InChI=1S/C5H14N2O2S/c1-4(2)5(3)10(8,9)7-6/h4-5,7H,6H2,1-3H3/t5-/m1/s1. The average molecular weight is 166 g/mol. The van der Waals surface area contributed by atoms with E-state index in [9.17, 15) is 8.42 Å². The molecule has 0 bridgehead atoms. The number of nitrogens with one attached hydrogen (secondary N) is 1. The van der Waals surface area contributed by atoms with Crippen molar-refractivity contribution >= 4 is 10.0 Å². The minimum atomic E-state index is -3.27. The van der Waals surface area contributed by atoms with E-state index >= 15 is 0 Å². The molecule has 0 aromatic heterocycles. The zero-order valence-corrected chi connectivity index (χ0v) is 7.27. The van der Waals surface area contributed by atoms with E-state index in [1.807, 2.05) is 13.8 Å². The molecule has 1 atom stereocenters. The van der Waals surface area contributed by atoms with Crippen molar-refractivity contribution in [2.45, 2.75) is 26.0 Å². The molecule has 0 aromatic rings. The van der Waals surface area contributed by atoms with E-state index in [-0.39, 0.29) is 5.92 Å². The summed E-state index contributed by atoms with van der Waals surface area (Å²) in [5.74, 6) is 4.89. The maximum atomic E-state index is 10.9. The SMILES string of the molecule is CC(C)[C@@H](C)S(=O)(=O)NN. The number of nitrogens with two attached hydrogens (primary N) is 1. The molecule has 0 aromatic carbocycles. The Balaban J connectivity index is 4.35. The molecule has 0 spiro atoms. The van der Waals surface area contributed by atoms with Crippen LogP contribution < -0.4 is 10.7 Å². The smallest absolute Gasteiger partial charge is 0.226 e.